The van der Waals surface area contributed by atoms with Gasteiger partial charge in [-0.15, -0.1) is 0 Å². The van der Waals surface area contributed by atoms with Gasteiger partial charge in [0, 0.05) is 31.1 Å². The molecule has 2 N–H and O–H groups in total. The predicted molar refractivity (Wildman–Crippen MR) is 94.7 cm³/mol. The van der Waals surface area contributed by atoms with Gasteiger partial charge in [0.25, 0.3) is 0 Å². The molecular weight excluding hydrogens is 314 g/mol. The number of nitrogens with zero attached hydrogens (tertiary/aromatic N) is 3. The van der Waals surface area contributed by atoms with Crippen molar-refractivity contribution in [1.82, 2.24) is 25.1 Å². The lowest BCUT2D eigenvalue weighted by Crippen LogP contribution is -2.35. The number of hydrogen-bond acceptors (Lipinski definition) is 3. The number of amides is 1. The van der Waals surface area contributed by atoms with E-state index in [9.17, 15) is 4.79 Å². The lowest BCUT2D eigenvalue weighted by atomic mass is 10.1. The molecule has 1 aliphatic heterocycles. The van der Waals surface area contributed by atoms with Crippen LogP contribution in [0.25, 0.3) is 11.4 Å². The van der Waals surface area contributed by atoms with Gasteiger partial charge in [0.05, 0.1) is 24.1 Å². The van der Waals surface area contributed by atoms with Gasteiger partial charge in [0.1, 0.15) is 5.82 Å². The molecule has 25 heavy (non-hydrogen) atoms. The number of carbonyl (C=O) groups is 1. The maximum atomic E-state index is 12.5. The molecule has 1 aromatic carbocycles. The molecule has 128 valence electrons. The number of aromatic amines is 2. The van der Waals surface area contributed by atoms with Crippen LogP contribution in [0.15, 0.2) is 42.7 Å². The van der Waals surface area contributed by atoms with Crippen molar-refractivity contribution in [3.63, 3.8) is 0 Å². The number of imidazole rings is 1. The van der Waals surface area contributed by atoms with Crippen LogP contribution in [0.5, 0.6) is 0 Å². The topological polar surface area (TPSA) is 77.7 Å². The third-order valence-corrected chi connectivity index (χ3v) is 4.64. The van der Waals surface area contributed by atoms with E-state index in [1.165, 1.54) is 0 Å². The Bertz CT molecular complexity index is 838. The molecule has 2 aromatic heterocycles. The van der Waals surface area contributed by atoms with Gasteiger partial charge in [-0.1, -0.05) is 30.3 Å². The molecule has 0 saturated heterocycles. The zero-order valence-corrected chi connectivity index (χ0v) is 14.0. The molecule has 3 aromatic rings. The van der Waals surface area contributed by atoms with Crippen molar-refractivity contribution in [2.45, 2.75) is 32.2 Å². The summed E-state index contributed by atoms with van der Waals surface area (Å²) in [5.41, 5.74) is 4.37. The molecule has 0 spiro atoms. The second-order valence-corrected chi connectivity index (χ2v) is 6.40. The summed E-state index contributed by atoms with van der Waals surface area (Å²) in [6.45, 7) is 1.37. The molecule has 0 unspecified atom stereocenters. The maximum absolute atomic E-state index is 12.5. The van der Waals surface area contributed by atoms with Crippen molar-refractivity contribution < 1.29 is 4.79 Å². The van der Waals surface area contributed by atoms with Gasteiger partial charge in [-0.25, -0.2) is 4.98 Å². The Kier molecular flexibility index (Phi) is 4.33. The van der Waals surface area contributed by atoms with Crippen LogP contribution in [-0.4, -0.2) is 37.5 Å². The Hall–Kier alpha value is -2.89. The normalized spacial score (nSPS) is 13.7. The standard InChI is InChI=1S/C19H21N5O/c25-18(8-4-5-14-11-20-21-12-14)24-10-9-16-17(13-24)23-19(22-16)15-6-2-1-3-7-15/h1-3,6-7,11-12H,4-5,8-10,13H2,(H,20,21)(H,22,23). The number of carbonyl (C=O) groups excluding carboxylic acids is 1. The largest absolute Gasteiger partial charge is 0.340 e. The summed E-state index contributed by atoms with van der Waals surface area (Å²) in [5, 5.41) is 6.73. The van der Waals surface area contributed by atoms with E-state index in [0.29, 0.717) is 13.0 Å². The lowest BCUT2D eigenvalue weighted by Gasteiger charge is -2.26. The van der Waals surface area contributed by atoms with Crippen molar-refractivity contribution in [3.05, 3.63) is 59.7 Å². The molecule has 6 heteroatoms. The Labute approximate surface area is 146 Å². The number of benzene rings is 1. The predicted octanol–water partition coefficient (Wildman–Crippen LogP) is 2.71. The summed E-state index contributed by atoms with van der Waals surface area (Å²) in [6.07, 6.45) is 6.80. The first-order valence-electron chi connectivity index (χ1n) is 8.68. The Balaban J connectivity index is 1.37. The van der Waals surface area contributed by atoms with Crippen LogP contribution in [0.3, 0.4) is 0 Å². The minimum absolute atomic E-state index is 0.213. The smallest absolute Gasteiger partial charge is 0.222 e. The van der Waals surface area contributed by atoms with Gasteiger partial charge in [0.2, 0.25) is 5.91 Å². The highest BCUT2D eigenvalue weighted by molar-refractivity contribution is 5.76. The van der Waals surface area contributed by atoms with Gasteiger partial charge < -0.3 is 9.88 Å². The van der Waals surface area contributed by atoms with Crippen LogP contribution in [0.4, 0.5) is 0 Å². The average molecular weight is 335 g/mol. The molecule has 6 nitrogen and oxygen atoms in total. The number of fused-ring (bicyclic) bond motifs is 1. The SMILES string of the molecule is O=C(CCCc1cn[nH]c1)N1CCc2nc(-c3ccccc3)[nH]c2C1. The number of nitrogens with one attached hydrogen (secondary N) is 2. The van der Waals surface area contributed by atoms with Crippen LogP contribution >= 0.6 is 0 Å². The first kappa shape index (κ1) is 15.6. The molecule has 3 heterocycles. The molecule has 0 fully saturated rings. The summed E-state index contributed by atoms with van der Waals surface area (Å²) in [5.74, 6) is 1.10. The van der Waals surface area contributed by atoms with Crippen LogP contribution in [0.1, 0.15) is 29.8 Å². The highest BCUT2D eigenvalue weighted by Gasteiger charge is 2.23. The zero-order chi connectivity index (χ0) is 17.1. The second kappa shape index (κ2) is 6.93. The number of aromatic nitrogens is 4. The fourth-order valence-corrected chi connectivity index (χ4v) is 3.26. The number of H-pyrrole nitrogens is 2. The fourth-order valence-electron chi connectivity index (χ4n) is 3.26. The van der Waals surface area contributed by atoms with E-state index in [1.807, 2.05) is 47.6 Å². The van der Waals surface area contributed by atoms with Gasteiger partial charge in [-0.3, -0.25) is 9.89 Å². The van der Waals surface area contributed by atoms with Gasteiger partial charge in [-0.2, -0.15) is 5.10 Å². The number of rotatable bonds is 5. The molecule has 0 bridgehead atoms. The van der Waals surface area contributed by atoms with Crippen molar-refractivity contribution in [1.29, 1.82) is 0 Å². The Morgan fingerprint density at radius 2 is 2.12 bits per heavy atom. The summed E-state index contributed by atoms with van der Waals surface area (Å²) in [7, 11) is 0. The second-order valence-electron chi connectivity index (χ2n) is 6.40. The van der Waals surface area contributed by atoms with Gasteiger partial charge >= 0.3 is 0 Å². The van der Waals surface area contributed by atoms with Gasteiger partial charge in [0.15, 0.2) is 0 Å². The van der Waals surface area contributed by atoms with Crippen LogP contribution in [0.2, 0.25) is 0 Å². The molecule has 0 radical (unpaired) electrons. The maximum Gasteiger partial charge on any atom is 0.222 e. The fraction of sp³-hybridized carbons (Fsp3) is 0.316. The third-order valence-electron chi connectivity index (χ3n) is 4.64. The van der Waals surface area contributed by atoms with Crippen molar-refractivity contribution >= 4 is 5.91 Å². The molecule has 4 rings (SSSR count). The van der Waals surface area contributed by atoms with Crippen LogP contribution < -0.4 is 0 Å². The quantitative estimate of drug-likeness (QED) is 0.752. The highest BCUT2D eigenvalue weighted by atomic mass is 16.2. The minimum Gasteiger partial charge on any atom is -0.340 e. The van der Waals surface area contributed by atoms with Crippen molar-refractivity contribution in [2.75, 3.05) is 6.54 Å². The average Bonchev–Trinajstić information content (AvgIpc) is 3.31. The highest BCUT2D eigenvalue weighted by Crippen LogP contribution is 2.23. The molecule has 1 amide bonds. The molecule has 0 saturated carbocycles. The van der Waals surface area contributed by atoms with E-state index in [4.69, 9.17) is 4.98 Å². The molecule has 0 aliphatic carbocycles. The Morgan fingerprint density at radius 3 is 2.92 bits per heavy atom. The summed E-state index contributed by atoms with van der Waals surface area (Å²) in [6, 6.07) is 10.1. The van der Waals surface area contributed by atoms with Crippen LogP contribution in [0, 0.1) is 0 Å². The van der Waals surface area contributed by atoms with E-state index < -0.39 is 0 Å². The van der Waals surface area contributed by atoms with E-state index in [1.54, 1.807) is 0 Å². The van der Waals surface area contributed by atoms with E-state index >= 15 is 0 Å². The number of hydrogen-bond donors (Lipinski definition) is 2. The van der Waals surface area contributed by atoms with E-state index in [0.717, 1.165) is 54.1 Å². The van der Waals surface area contributed by atoms with Gasteiger partial charge in [-0.05, 0) is 18.4 Å². The number of aryl methyl sites for hydroxylation is 1. The molecular formula is C19H21N5O. The molecule has 0 atom stereocenters. The summed E-state index contributed by atoms with van der Waals surface area (Å²) in [4.78, 5) is 22.5. The lowest BCUT2D eigenvalue weighted by molar-refractivity contribution is -0.132. The monoisotopic (exact) mass is 335 g/mol. The van der Waals surface area contributed by atoms with Crippen molar-refractivity contribution in [2.24, 2.45) is 0 Å². The zero-order valence-electron chi connectivity index (χ0n) is 14.0. The Morgan fingerprint density at radius 1 is 1.24 bits per heavy atom. The van der Waals surface area contributed by atoms with Crippen molar-refractivity contribution in [3.8, 4) is 11.4 Å². The van der Waals surface area contributed by atoms with E-state index in [-0.39, 0.29) is 5.91 Å². The van der Waals surface area contributed by atoms with E-state index in [2.05, 4.69) is 15.2 Å². The summed E-state index contributed by atoms with van der Waals surface area (Å²) < 4.78 is 0. The third kappa shape index (κ3) is 3.47. The van der Waals surface area contributed by atoms with Crippen LogP contribution in [-0.2, 0) is 24.2 Å². The summed E-state index contributed by atoms with van der Waals surface area (Å²) >= 11 is 0. The first-order chi connectivity index (χ1) is 12.3. The first-order valence-corrected chi connectivity index (χ1v) is 8.68. The molecule has 1 aliphatic rings. The minimum atomic E-state index is 0.213.